The zero-order valence-corrected chi connectivity index (χ0v) is 15.3. The van der Waals surface area contributed by atoms with E-state index in [2.05, 4.69) is 5.32 Å². The summed E-state index contributed by atoms with van der Waals surface area (Å²) in [5, 5.41) is 2.85. The van der Waals surface area contributed by atoms with Crippen LogP contribution in [0, 0.1) is 6.92 Å². The molecule has 1 heterocycles. The molecule has 5 heteroatoms. The molecule has 1 saturated heterocycles. The minimum Gasteiger partial charge on any atom is -0.350 e. The number of benzene rings is 2. The number of carbonyl (C=O) groups is 2. The number of amides is 2. The SMILES string of the molecule is CC(=O)N1[C@@H](C(=O)NCc2ccccc2)CS[C@H]1c1ccc(C)cc1. The van der Waals surface area contributed by atoms with Gasteiger partial charge in [-0.3, -0.25) is 9.59 Å². The van der Waals surface area contributed by atoms with Gasteiger partial charge in [0.1, 0.15) is 11.4 Å². The van der Waals surface area contributed by atoms with E-state index < -0.39 is 6.04 Å². The third kappa shape index (κ3) is 4.04. The van der Waals surface area contributed by atoms with E-state index in [1.54, 1.807) is 16.7 Å². The highest BCUT2D eigenvalue weighted by molar-refractivity contribution is 7.99. The first-order valence-corrected chi connectivity index (χ1v) is 9.40. The Labute approximate surface area is 152 Å². The van der Waals surface area contributed by atoms with Gasteiger partial charge >= 0.3 is 0 Å². The standard InChI is InChI=1S/C20H22N2O2S/c1-14-8-10-17(11-9-14)20-22(15(2)23)18(13-25-20)19(24)21-12-16-6-4-3-5-7-16/h3-11,18,20H,12-13H2,1-2H3,(H,21,24)/t18-,20+/m1/s1. The van der Waals surface area contributed by atoms with Gasteiger partial charge in [0.25, 0.3) is 0 Å². The van der Waals surface area contributed by atoms with Crippen molar-refractivity contribution in [1.29, 1.82) is 0 Å². The molecule has 1 fully saturated rings. The first-order valence-electron chi connectivity index (χ1n) is 8.35. The molecule has 4 nitrogen and oxygen atoms in total. The van der Waals surface area contributed by atoms with Gasteiger partial charge in [0, 0.05) is 19.2 Å². The van der Waals surface area contributed by atoms with E-state index in [0.717, 1.165) is 11.1 Å². The largest absolute Gasteiger partial charge is 0.350 e. The summed E-state index contributed by atoms with van der Waals surface area (Å²) in [5.41, 5.74) is 3.29. The van der Waals surface area contributed by atoms with E-state index in [1.165, 1.54) is 12.5 Å². The summed E-state index contributed by atoms with van der Waals surface area (Å²) in [6.07, 6.45) is 0. The van der Waals surface area contributed by atoms with Crippen LogP contribution in [0.4, 0.5) is 0 Å². The first-order chi connectivity index (χ1) is 12.1. The topological polar surface area (TPSA) is 49.4 Å². The Morgan fingerprint density at radius 3 is 2.44 bits per heavy atom. The zero-order valence-electron chi connectivity index (χ0n) is 14.4. The number of rotatable bonds is 4. The fourth-order valence-corrected chi connectivity index (χ4v) is 4.47. The molecule has 3 rings (SSSR count). The lowest BCUT2D eigenvalue weighted by molar-refractivity contribution is -0.138. The van der Waals surface area contributed by atoms with Crippen LogP contribution in [0.15, 0.2) is 54.6 Å². The second-order valence-electron chi connectivity index (χ2n) is 6.24. The quantitative estimate of drug-likeness (QED) is 0.917. The van der Waals surface area contributed by atoms with Gasteiger partial charge < -0.3 is 10.2 Å². The molecular formula is C20H22N2O2S. The summed E-state index contributed by atoms with van der Waals surface area (Å²) in [7, 11) is 0. The summed E-state index contributed by atoms with van der Waals surface area (Å²) in [6, 6.07) is 17.5. The van der Waals surface area contributed by atoms with Crippen molar-refractivity contribution in [3.63, 3.8) is 0 Å². The van der Waals surface area contributed by atoms with Crippen molar-refractivity contribution in [3.05, 3.63) is 71.3 Å². The van der Waals surface area contributed by atoms with Crippen LogP contribution in [0.5, 0.6) is 0 Å². The molecule has 0 saturated carbocycles. The van der Waals surface area contributed by atoms with Gasteiger partial charge in [-0.1, -0.05) is 60.2 Å². The van der Waals surface area contributed by atoms with Crippen molar-refractivity contribution in [3.8, 4) is 0 Å². The van der Waals surface area contributed by atoms with E-state index in [4.69, 9.17) is 0 Å². The molecule has 0 bridgehead atoms. The Morgan fingerprint density at radius 1 is 1.12 bits per heavy atom. The summed E-state index contributed by atoms with van der Waals surface area (Å²) >= 11 is 1.64. The molecule has 0 aromatic heterocycles. The van der Waals surface area contributed by atoms with Crippen LogP contribution < -0.4 is 5.32 Å². The van der Waals surface area contributed by atoms with Gasteiger partial charge in [0.15, 0.2) is 0 Å². The molecule has 1 aliphatic rings. The van der Waals surface area contributed by atoms with Gasteiger partial charge in [-0.05, 0) is 18.1 Å². The Kier molecular flexibility index (Phi) is 5.43. The van der Waals surface area contributed by atoms with Crippen molar-refractivity contribution in [2.75, 3.05) is 5.75 Å². The fraction of sp³-hybridized carbons (Fsp3) is 0.300. The third-order valence-electron chi connectivity index (χ3n) is 4.34. The molecule has 0 spiro atoms. The summed E-state index contributed by atoms with van der Waals surface area (Å²) in [4.78, 5) is 26.6. The maximum atomic E-state index is 12.6. The minimum atomic E-state index is -0.433. The fourth-order valence-electron chi connectivity index (χ4n) is 2.98. The monoisotopic (exact) mass is 354 g/mol. The lowest BCUT2D eigenvalue weighted by Gasteiger charge is -2.28. The second kappa shape index (κ2) is 7.74. The van der Waals surface area contributed by atoms with E-state index in [-0.39, 0.29) is 17.2 Å². The van der Waals surface area contributed by atoms with Crippen LogP contribution in [0.3, 0.4) is 0 Å². The second-order valence-corrected chi connectivity index (χ2v) is 7.36. The maximum Gasteiger partial charge on any atom is 0.243 e. The molecule has 0 radical (unpaired) electrons. The minimum absolute atomic E-state index is 0.0737. The molecular weight excluding hydrogens is 332 g/mol. The van der Waals surface area contributed by atoms with Crippen LogP contribution in [0.25, 0.3) is 0 Å². The van der Waals surface area contributed by atoms with Crippen LogP contribution in [-0.2, 0) is 16.1 Å². The molecule has 0 aliphatic carbocycles. The Balaban J connectivity index is 1.71. The maximum absolute atomic E-state index is 12.6. The Morgan fingerprint density at radius 2 is 1.80 bits per heavy atom. The number of carbonyl (C=O) groups excluding carboxylic acids is 2. The summed E-state index contributed by atoms with van der Waals surface area (Å²) < 4.78 is 0. The van der Waals surface area contributed by atoms with Gasteiger partial charge in [0.2, 0.25) is 11.8 Å². The molecule has 2 aromatic rings. The summed E-state index contributed by atoms with van der Waals surface area (Å²) in [5.74, 6) is 0.440. The Hall–Kier alpha value is -2.27. The van der Waals surface area contributed by atoms with E-state index in [9.17, 15) is 9.59 Å². The number of aryl methyl sites for hydroxylation is 1. The van der Waals surface area contributed by atoms with Crippen LogP contribution in [-0.4, -0.2) is 28.5 Å². The molecule has 25 heavy (non-hydrogen) atoms. The molecule has 0 unspecified atom stereocenters. The zero-order chi connectivity index (χ0) is 17.8. The van der Waals surface area contributed by atoms with Crippen molar-refractivity contribution < 1.29 is 9.59 Å². The van der Waals surface area contributed by atoms with Gasteiger partial charge in [-0.25, -0.2) is 0 Å². The number of nitrogens with zero attached hydrogens (tertiary/aromatic N) is 1. The normalized spacial score (nSPS) is 19.7. The van der Waals surface area contributed by atoms with Crippen molar-refractivity contribution in [1.82, 2.24) is 10.2 Å². The number of thioether (sulfide) groups is 1. The average Bonchev–Trinajstić information content (AvgIpc) is 3.06. The van der Waals surface area contributed by atoms with Crippen molar-refractivity contribution >= 4 is 23.6 Å². The van der Waals surface area contributed by atoms with Crippen molar-refractivity contribution in [2.45, 2.75) is 31.8 Å². The van der Waals surface area contributed by atoms with Crippen LogP contribution in [0.1, 0.15) is 29.0 Å². The molecule has 1 N–H and O–H groups in total. The predicted molar refractivity (Wildman–Crippen MR) is 101 cm³/mol. The lowest BCUT2D eigenvalue weighted by atomic mass is 10.1. The van der Waals surface area contributed by atoms with E-state index in [1.807, 2.05) is 61.5 Å². The molecule has 1 aliphatic heterocycles. The predicted octanol–water partition coefficient (Wildman–Crippen LogP) is 3.27. The average molecular weight is 354 g/mol. The number of nitrogens with one attached hydrogen (secondary N) is 1. The highest BCUT2D eigenvalue weighted by Crippen LogP contribution is 2.41. The van der Waals surface area contributed by atoms with E-state index in [0.29, 0.717) is 12.3 Å². The van der Waals surface area contributed by atoms with Crippen LogP contribution in [0.2, 0.25) is 0 Å². The highest BCUT2D eigenvalue weighted by Gasteiger charge is 2.40. The van der Waals surface area contributed by atoms with E-state index >= 15 is 0 Å². The van der Waals surface area contributed by atoms with Crippen LogP contribution >= 0.6 is 11.8 Å². The molecule has 130 valence electrons. The van der Waals surface area contributed by atoms with Gasteiger partial charge in [-0.15, -0.1) is 11.8 Å². The first kappa shape index (κ1) is 17.5. The van der Waals surface area contributed by atoms with Gasteiger partial charge in [0.05, 0.1) is 0 Å². The number of hydrogen-bond donors (Lipinski definition) is 1. The summed E-state index contributed by atoms with van der Waals surface area (Å²) in [6.45, 7) is 4.04. The highest BCUT2D eigenvalue weighted by atomic mass is 32.2. The van der Waals surface area contributed by atoms with Crippen molar-refractivity contribution in [2.24, 2.45) is 0 Å². The molecule has 2 aromatic carbocycles. The Bertz CT molecular complexity index is 746. The molecule has 2 amide bonds. The third-order valence-corrected chi connectivity index (χ3v) is 5.66. The lowest BCUT2D eigenvalue weighted by Crippen LogP contribution is -2.47. The van der Waals surface area contributed by atoms with Gasteiger partial charge in [-0.2, -0.15) is 0 Å². The molecule has 2 atom stereocenters. The smallest absolute Gasteiger partial charge is 0.243 e. The number of hydrogen-bond acceptors (Lipinski definition) is 3.